The molecule has 1 N–H and O–H groups in total. The van der Waals surface area contributed by atoms with Crippen LogP contribution >= 0.6 is 11.3 Å². The minimum Gasteiger partial charge on any atom is -0.309 e. The second kappa shape index (κ2) is 7.24. The first-order valence-corrected chi connectivity index (χ1v) is 9.04. The van der Waals surface area contributed by atoms with Crippen molar-refractivity contribution in [2.24, 2.45) is 5.92 Å². The van der Waals surface area contributed by atoms with Crippen molar-refractivity contribution in [3.63, 3.8) is 0 Å². The largest absolute Gasteiger partial charge is 0.309 e. The van der Waals surface area contributed by atoms with Gasteiger partial charge in [-0.25, -0.2) is 0 Å². The predicted molar refractivity (Wildman–Crippen MR) is 92.6 cm³/mol. The maximum absolute atomic E-state index is 3.78. The van der Waals surface area contributed by atoms with Crippen LogP contribution in [0.3, 0.4) is 0 Å². The van der Waals surface area contributed by atoms with Gasteiger partial charge in [-0.15, -0.1) is 11.3 Å². The van der Waals surface area contributed by atoms with Crippen LogP contribution < -0.4 is 5.32 Å². The second-order valence-corrected chi connectivity index (χ2v) is 7.32. The Labute approximate surface area is 132 Å². The van der Waals surface area contributed by atoms with Gasteiger partial charge in [-0.05, 0) is 36.5 Å². The minimum atomic E-state index is 0.728. The molecule has 2 heteroatoms. The van der Waals surface area contributed by atoms with Crippen LogP contribution in [0.25, 0.3) is 10.4 Å². The first kappa shape index (κ1) is 14.8. The topological polar surface area (TPSA) is 12.0 Å². The molecule has 0 bridgehead atoms. The summed E-state index contributed by atoms with van der Waals surface area (Å²) in [5.41, 5.74) is 1.33. The highest BCUT2D eigenvalue weighted by Gasteiger charge is 2.20. The molecule has 1 aromatic carbocycles. The smallest absolute Gasteiger partial charge is 0.0346 e. The zero-order chi connectivity index (χ0) is 14.5. The van der Waals surface area contributed by atoms with Crippen LogP contribution in [-0.2, 0) is 6.54 Å². The summed E-state index contributed by atoms with van der Waals surface area (Å²) in [6, 6.07) is 15.9. The van der Waals surface area contributed by atoms with Gasteiger partial charge in [0, 0.05) is 22.3 Å². The summed E-state index contributed by atoms with van der Waals surface area (Å²) in [5.74, 6) is 0.944. The van der Waals surface area contributed by atoms with Gasteiger partial charge in [0.05, 0.1) is 0 Å². The maximum atomic E-state index is 3.78. The van der Waals surface area contributed by atoms with Crippen molar-refractivity contribution in [2.75, 3.05) is 0 Å². The van der Waals surface area contributed by atoms with E-state index in [4.69, 9.17) is 0 Å². The highest BCUT2D eigenvalue weighted by molar-refractivity contribution is 7.15. The van der Waals surface area contributed by atoms with Crippen LogP contribution in [0.15, 0.2) is 42.5 Å². The SMILES string of the molecule is CCC1CCCC(NCc2ccc(-c3ccccc3)s2)C1. The lowest BCUT2D eigenvalue weighted by molar-refractivity contribution is 0.279. The van der Waals surface area contributed by atoms with Crippen molar-refractivity contribution in [2.45, 2.75) is 51.6 Å². The summed E-state index contributed by atoms with van der Waals surface area (Å²) in [5, 5.41) is 3.78. The molecule has 0 spiro atoms. The zero-order valence-electron chi connectivity index (χ0n) is 12.8. The van der Waals surface area contributed by atoms with Crippen LogP contribution in [0.1, 0.15) is 43.9 Å². The third-order valence-electron chi connectivity index (χ3n) is 4.65. The highest BCUT2D eigenvalue weighted by Crippen LogP contribution is 2.29. The molecule has 2 aromatic rings. The fraction of sp³-hybridized carbons (Fsp3) is 0.474. The van der Waals surface area contributed by atoms with Gasteiger partial charge in [-0.2, -0.15) is 0 Å². The monoisotopic (exact) mass is 299 g/mol. The van der Waals surface area contributed by atoms with E-state index in [9.17, 15) is 0 Å². The van der Waals surface area contributed by atoms with E-state index in [1.165, 1.54) is 47.4 Å². The quantitative estimate of drug-likeness (QED) is 0.771. The maximum Gasteiger partial charge on any atom is 0.0346 e. The summed E-state index contributed by atoms with van der Waals surface area (Å²) in [6.07, 6.45) is 6.90. The third-order valence-corrected chi connectivity index (χ3v) is 5.78. The van der Waals surface area contributed by atoms with Gasteiger partial charge in [0.1, 0.15) is 0 Å². The Morgan fingerprint density at radius 1 is 1.10 bits per heavy atom. The van der Waals surface area contributed by atoms with Crippen LogP contribution in [-0.4, -0.2) is 6.04 Å². The van der Waals surface area contributed by atoms with Gasteiger partial charge in [-0.1, -0.05) is 56.5 Å². The van der Waals surface area contributed by atoms with Crippen LogP contribution in [0, 0.1) is 5.92 Å². The van der Waals surface area contributed by atoms with Gasteiger partial charge in [0.25, 0.3) is 0 Å². The molecule has 0 saturated heterocycles. The number of hydrogen-bond acceptors (Lipinski definition) is 2. The van der Waals surface area contributed by atoms with Gasteiger partial charge in [0.15, 0.2) is 0 Å². The summed E-state index contributed by atoms with van der Waals surface area (Å²) in [4.78, 5) is 2.83. The van der Waals surface area contributed by atoms with Crippen LogP contribution in [0.5, 0.6) is 0 Å². The molecule has 1 aromatic heterocycles. The fourth-order valence-electron chi connectivity index (χ4n) is 3.32. The number of benzene rings is 1. The van der Waals surface area contributed by atoms with E-state index in [1.54, 1.807) is 0 Å². The van der Waals surface area contributed by atoms with Crippen molar-refractivity contribution >= 4 is 11.3 Å². The zero-order valence-corrected chi connectivity index (χ0v) is 13.7. The first-order chi connectivity index (χ1) is 10.3. The van der Waals surface area contributed by atoms with E-state index in [-0.39, 0.29) is 0 Å². The fourth-order valence-corrected chi connectivity index (χ4v) is 4.29. The number of nitrogens with one attached hydrogen (secondary N) is 1. The molecule has 0 aliphatic heterocycles. The van der Waals surface area contributed by atoms with Crippen molar-refractivity contribution in [1.29, 1.82) is 0 Å². The van der Waals surface area contributed by atoms with E-state index in [0.717, 1.165) is 18.5 Å². The first-order valence-electron chi connectivity index (χ1n) is 8.22. The van der Waals surface area contributed by atoms with E-state index < -0.39 is 0 Å². The standard InChI is InChI=1S/C19H25NS/c1-2-15-7-6-10-17(13-15)20-14-18-11-12-19(21-18)16-8-4-3-5-9-16/h3-5,8-9,11-12,15,17,20H,2,6-7,10,13-14H2,1H3. The third kappa shape index (κ3) is 3.96. The minimum absolute atomic E-state index is 0.728. The number of thiophene rings is 1. The average molecular weight is 299 g/mol. The number of hydrogen-bond donors (Lipinski definition) is 1. The normalized spacial score (nSPS) is 22.3. The molecule has 2 unspecified atom stereocenters. The Balaban J connectivity index is 1.55. The molecule has 1 aliphatic rings. The van der Waals surface area contributed by atoms with Crippen LogP contribution in [0.2, 0.25) is 0 Å². The number of rotatable bonds is 5. The molecule has 1 fully saturated rings. The molecule has 1 nitrogen and oxygen atoms in total. The Morgan fingerprint density at radius 2 is 1.95 bits per heavy atom. The van der Waals surface area contributed by atoms with Gasteiger partial charge in [0.2, 0.25) is 0 Å². The molecule has 21 heavy (non-hydrogen) atoms. The predicted octanol–water partition coefficient (Wildman–Crippen LogP) is 5.47. The summed E-state index contributed by atoms with van der Waals surface area (Å²) in [7, 11) is 0. The molecule has 1 saturated carbocycles. The second-order valence-electron chi connectivity index (χ2n) is 6.15. The van der Waals surface area contributed by atoms with Crippen molar-refractivity contribution in [3.05, 3.63) is 47.3 Å². The highest BCUT2D eigenvalue weighted by atomic mass is 32.1. The van der Waals surface area contributed by atoms with E-state index >= 15 is 0 Å². The average Bonchev–Trinajstić information content (AvgIpc) is 3.03. The lowest BCUT2D eigenvalue weighted by Crippen LogP contribution is -2.33. The van der Waals surface area contributed by atoms with E-state index in [2.05, 4.69) is 54.7 Å². The Kier molecular flexibility index (Phi) is 5.10. The summed E-state index contributed by atoms with van der Waals surface area (Å²) < 4.78 is 0. The molecule has 112 valence electrons. The Bertz CT molecular complexity index is 546. The molecule has 0 radical (unpaired) electrons. The molecule has 1 aliphatic carbocycles. The van der Waals surface area contributed by atoms with E-state index in [1.807, 2.05) is 11.3 Å². The lowest BCUT2D eigenvalue weighted by atomic mass is 9.84. The Morgan fingerprint density at radius 3 is 2.76 bits per heavy atom. The molecular formula is C19H25NS. The summed E-state index contributed by atoms with van der Waals surface area (Å²) >= 11 is 1.92. The molecule has 1 heterocycles. The van der Waals surface area contributed by atoms with Gasteiger partial charge in [-0.3, -0.25) is 0 Å². The van der Waals surface area contributed by atoms with Crippen LogP contribution in [0.4, 0.5) is 0 Å². The summed E-state index contributed by atoms with van der Waals surface area (Å²) in [6.45, 7) is 3.36. The molecule has 0 amide bonds. The van der Waals surface area contributed by atoms with Gasteiger partial charge >= 0.3 is 0 Å². The molecule has 3 rings (SSSR count). The van der Waals surface area contributed by atoms with E-state index in [0.29, 0.717) is 0 Å². The Hall–Kier alpha value is -1.12. The van der Waals surface area contributed by atoms with Crippen molar-refractivity contribution < 1.29 is 0 Å². The molecule has 2 atom stereocenters. The lowest BCUT2D eigenvalue weighted by Gasteiger charge is -2.29. The van der Waals surface area contributed by atoms with Crippen molar-refractivity contribution in [3.8, 4) is 10.4 Å². The van der Waals surface area contributed by atoms with Gasteiger partial charge < -0.3 is 5.32 Å². The van der Waals surface area contributed by atoms with Crippen molar-refractivity contribution in [1.82, 2.24) is 5.32 Å². The molecular weight excluding hydrogens is 274 g/mol.